The number of rotatable bonds is 0. The smallest absolute Gasteiger partial charge is 0.178 e. The fraction of sp³-hybridized carbons (Fsp3) is 0.571. The highest BCUT2D eigenvalue weighted by atomic mass is 16.1. The van der Waals surface area contributed by atoms with Crippen molar-refractivity contribution >= 4 is 5.78 Å². The van der Waals surface area contributed by atoms with Crippen molar-refractivity contribution in [3.05, 3.63) is 48.1 Å². The molecule has 3 fully saturated rings. The van der Waals surface area contributed by atoms with E-state index in [1.807, 2.05) is 6.08 Å². The molecule has 22 heavy (non-hydrogen) atoms. The van der Waals surface area contributed by atoms with Crippen LogP contribution in [0, 0.1) is 28.6 Å². The first kappa shape index (κ1) is 14.2. The molecular formula is C21H26O. The van der Waals surface area contributed by atoms with Crippen molar-refractivity contribution in [2.45, 2.75) is 46.0 Å². The molecule has 4 aliphatic rings. The van der Waals surface area contributed by atoms with Crippen LogP contribution in [0.15, 0.2) is 48.1 Å². The lowest BCUT2D eigenvalue weighted by Crippen LogP contribution is -2.48. The lowest BCUT2D eigenvalue weighted by atomic mass is 9.48. The van der Waals surface area contributed by atoms with Crippen molar-refractivity contribution in [3.63, 3.8) is 0 Å². The molecule has 4 aliphatic carbocycles. The van der Waals surface area contributed by atoms with Gasteiger partial charge in [-0.15, -0.1) is 0 Å². The Morgan fingerprint density at radius 2 is 2.00 bits per heavy atom. The maximum atomic E-state index is 11.8. The van der Waals surface area contributed by atoms with Crippen LogP contribution in [-0.2, 0) is 4.79 Å². The second kappa shape index (κ2) is 4.34. The van der Waals surface area contributed by atoms with Gasteiger partial charge in [0.25, 0.3) is 0 Å². The van der Waals surface area contributed by atoms with E-state index < -0.39 is 0 Å². The van der Waals surface area contributed by atoms with Crippen LogP contribution in [0.5, 0.6) is 0 Å². The summed E-state index contributed by atoms with van der Waals surface area (Å²) >= 11 is 0. The molecule has 0 bridgehead atoms. The first-order valence-electron chi connectivity index (χ1n) is 8.66. The van der Waals surface area contributed by atoms with Crippen LogP contribution >= 0.6 is 0 Å². The van der Waals surface area contributed by atoms with E-state index >= 15 is 0 Å². The standard InChI is InChI=1S/C21H26O/c1-13-12-20(3)9-8-18-17(19(20)14(13)2)6-5-15-11-16(22)7-10-21(15,18)4/h7,10-11,17-19H,1-2,5-6,8-9,12H2,3-4H3/t17-,18+,19+,20-,21+/m1/s1. The van der Waals surface area contributed by atoms with Gasteiger partial charge in [0.2, 0.25) is 0 Å². The SMILES string of the molecule is C=C1C[C@@]2(C)CC[C@H]3[C@@H](CCC4=CC(=O)C=C[C@@]43C)[C@@H]2C1=C. The Bertz CT molecular complexity index is 649. The second-order valence-corrected chi connectivity index (χ2v) is 8.47. The molecule has 0 N–H and O–H groups in total. The van der Waals surface area contributed by atoms with E-state index in [1.54, 1.807) is 6.08 Å². The van der Waals surface area contributed by atoms with E-state index in [0.29, 0.717) is 23.2 Å². The van der Waals surface area contributed by atoms with Gasteiger partial charge in [0.05, 0.1) is 0 Å². The van der Waals surface area contributed by atoms with Gasteiger partial charge in [-0.05, 0) is 73.0 Å². The van der Waals surface area contributed by atoms with Crippen molar-refractivity contribution in [3.8, 4) is 0 Å². The largest absolute Gasteiger partial charge is 0.290 e. The predicted molar refractivity (Wildman–Crippen MR) is 90.3 cm³/mol. The third kappa shape index (κ3) is 1.68. The van der Waals surface area contributed by atoms with Gasteiger partial charge in [-0.3, -0.25) is 4.79 Å². The second-order valence-electron chi connectivity index (χ2n) is 8.47. The van der Waals surface area contributed by atoms with Gasteiger partial charge in [-0.25, -0.2) is 0 Å². The van der Waals surface area contributed by atoms with Gasteiger partial charge >= 0.3 is 0 Å². The lowest BCUT2D eigenvalue weighted by molar-refractivity contribution is -0.111. The number of allylic oxidation sites excluding steroid dienone is 6. The van der Waals surface area contributed by atoms with Crippen molar-refractivity contribution in [1.82, 2.24) is 0 Å². The quantitative estimate of drug-likeness (QED) is 0.613. The molecule has 0 unspecified atom stereocenters. The molecule has 1 nitrogen and oxygen atoms in total. The zero-order chi connectivity index (χ0) is 15.7. The van der Waals surface area contributed by atoms with E-state index in [1.165, 1.54) is 36.0 Å². The minimum atomic E-state index is 0.0857. The number of hydrogen-bond donors (Lipinski definition) is 0. The van der Waals surface area contributed by atoms with E-state index in [0.717, 1.165) is 12.8 Å². The van der Waals surface area contributed by atoms with E-state index in [9.17, 15) is 4.79 Å². The van der Waals surface area contributed by atoms with Crippen LogP contribution in [0.25, 0.3) is 0 Å². The van der Waals surface area contributed by atoms with Crippen LogP contribution < -0.4 is 0 Å². The summed E-state index contributed by atoms with van der Waals surface area (Å²) in [6.07, 6.45) is 11.9. The molecule has 0 aromatic heterocycles. The maximum Gasteiger partial charge on any atom is 0.178 e. The molecular weight excluding hydrogens is 268 g/mol. The molecule has 0 aliphatic heterocycles. The first-order chi connectivity index (χ1) is 10.3. The summed E-state index contributed by atoms with van der Waals surface area (Å²) in [5, 5.41) is 0. The van der Waals surface area contributed by atoms with Gasteiger partial charge in [0.1, 0.15) is 0 Å². The van der Waals surface area contributed by atoms with E-state index in [-0.39, 0.29) is 11.2 Å². The Kier molecular flexibility index (Phi) is 2.81. The summed E-state index contributed by atoms with van der Waals surface area (Å²) in [5.41, 5.74) is 4.44. The van der Waals surface area contributed by atoms with Gasteiger partial charge in [-0.2, -0.15) is 0 Å². The van der Waals surface area contributed by atoms with Crippen LogP contribution in [0.1, 0.15) is 46.0 Å². The molecule has 0 amide bonds. The van der Waals surface area contributed by atoms with Gasteiger partial charge in [-0.1, -0.05) is 44.2 Å². The molecule has 0 aromatic rings. The Morgan fingerprint density at radius 1 is 1.23 bits per heavy atom. The number of carbonyl (C=O) groups excluding carboxylic acids is 1. The molecule has 0 heterocycles. The van der Waals surface area contributed by atoms with Crippen LogP contribution in [0.3, 0.4) is 0 Å². The molecule has 0 radical (unpaired) electrons. The average molecular weight is 294 g/mol. The number of fused-ring (bicyclic) bond motifs is 5. The first-order valence-corrected chi connectivity index (χ1v) is 8.66. The van der Waals surface area contributed by atoms with Crippen molar-refractivity contribution < 1.29 is 4.79 Å². The summed E-state index contributed by atoms with van der Waals surface area (Å²) in [5.74, 6) is 2.12. The van der Waals surface area contributed by atoms with E-state index in [4.69, 9.17) is 0 Å². The zero-order valence-corrected chi connectivity index (χ0v) is 13.8. The Balaban J connectivity index is 1.75. The lowest BCUT2D eigenvalue weighted by Gasteiger charge is -2.56. The highest BCUT2D eigenvalue weighted by molar-refractivity contribution is 6.01. The molecule has 4 rings (SSSR count). The molecule has 3 saturated carbocycles. The zero-order valence-electron chi connectivity index (χ0n) is 13.8. The van der Waals surface area contributed by atoms with Crippen LogP contribution in [0.2, 0.25) is 0 Å². The summed E-state index contributed by atoms with van der Waals surface area (Å²) in [6, 6.07) is 0. The summed E-state index contributed by atoms with van der Waals surface area (Å²) in [6.45, 7) is 13.5. The predicted octanol–water partition coefficient (Wildman–Crippen LogP) is 5.02. The third-order valence-corrected chi connectivity index (χ3v) is 7.29. The van der Waals surface area contributed by atoms with E-state index in [2.05, 4.69) is 33.1 Å². The van der Waals surface area contributed by atoms with Gasteiger partial charge in [0.15, 0.2) is 5.78 Å². The normalized spacial score (nSPS) is 46.9. The average Bonchev–Trinajstić information content (AvgIpc) is 2.70. The monoisotopic (exact) mass is 294 g/mol. The minimum absolute atomic E-state index is 0.0857. The molecule has 1 heteroatoms. The number of carbonyl (C=O) groups is 1. The Hall–Kier alpha value is -1.37. The Morgan fingerprint density at radius 3 is 2.77 bits per heavy atom. The van der Waals surface area contributed by atoms with Crippen molar-refractivity contribution in [1.29, 1.82) is 0 Å². The fourth-order valence-electron chi connectivity index (χ4n) is 6.18. The highest BCUT2D eigenvalue weighted by Crippen LogP contribution is 2.66. The number of hydrogen-bond acceptors (Lipinski definition) is 1. The maximum absolute atomic E-state index is 11.8. The Labute approximate surface area is 133 Å². The van der Waals surface area contributed by atoms with Crippen LogP contribution in [-0.4, -0.2) is 5.78 Å². The summed E-state index contributed by atoms with van der Waals surface area (Å²) in [4.78, 5) is 11.8. The van der Waals surface area contributed by atoms with Gasteiger partial charge < -0.3 is 0 Å². The van der Waals surface area contributed by atoms with Gasteiger partial charge in [0, 0.05) is 5.41 Å². The highest BCUT2D eigenvalue weighted by Gasteiger charge is 2.57. The van der Waals surface area contributed by atoms with Crippen molar-refractivity contribution in [2.24, 2.45) is 28.6 Å². The molecule has 0 saturated heterocycles. The summed E-state index contributed by atoms with van der Waals surface area (Å²) in [7, 11) is 0. The topological polar surface area (TPSA) is 17.1 Å². The minimum Gasteiger partial charge on any atom is -0.290 e. The molecule has 116 valence electrons. The molecule has 0 spiro atoms. The molecule has 0 aromatic carbocycles. The fourth-order valence-corrected chi connectivity index (χ4v) is 6.18. The third-order valence-electron chi connectivity index (χ3n) is 7.29. The number of ketones is 1. The summed E-state index contributed by atoms with van der Waals surface area (Å²) < 4.78 is 0. The molecule has 5 atom stereocenters. The van der Waals surface area contributed by atoms with Crippen molar-refractivity contribution in [2.75, 3.05) is 0 Å². The van der Waals surface area contributed by atoms with Crippen LogP contribution in [0.4, 0.5) is 0 Å².